The van der Waals surface area contributed by atoms with Crippen molar-refractivity contribution in [1.82, 2.24) is 16.0 Å². The Bertz CT molecular complexity index is 1430. The van der Waals surface area contributed by atoms with Gasteiger partial charge in [0.2, 0.25) is 0 Å². The van der Waals surface area contributed by atoms with Gasteiger partial charge in [-0.1, -0.05) is 37.1 Å². The zero-order valence-electron chi connectivity index (χ0n) is 32.3. The first-order valence-electron chi connectivity index (χ1n) is 21.0. The molecular formula is C42H68N6O5. The number of aliphatic hydroxyl groups is 3. The number of hydrogen-bond acceptors (Lipinski definition) is 10. The summed E-state index contributed by atoms with van der Waals surface area (Å²) in [6, 6.07) is 9.32. The van der Waals surface area contributed by atoms with Crippen LogP contribution >= 0.6 is 0 Å². The lowest BCUT2D eigenvalue weighted by atomic mass is 9.63. The van der Waals surface area contributed by atoms with Crippen LogP contribution < -0.4 is 31.7 Å². The molecule has 53 heavy (non-hydrogen) atoms. The Labute approximate surface area is 317 Å². The zero-order valence-corrected chi connectivity index (χ0v) is 32.3. The standard InChI is InChI=1S/C42H68N6O5/c1-27-35(49)21-34(48-17-16-44-26-48)38(46-27)32-9-8-30-10-13-41(11-3-4-12-41)14-15-42(53,24-37(50)51)25-45-40(2)22-31(47-36(43)23-40)19-28-6-5-7-29(18-28)20-33(30)39(32)52/h5-7,16,18,27,30-36,38-39,45-47,49,52-53H,3-4,8-15,17,19-26,43H2,1-2H3,(H,50,51)/t27-,30-,31-,32-,33+,34+,35-,36+,38-,39+,40-,42-/m1/s1. The second-order valence-electron chi connectivity index (χ2n) is 19.0. The van der Waals surface area contributed by atoms with Crippen molar-refractivity contribution in [2.45, 2.75) is 170 Å². The first-order chi connectivity index (χ1) is 25.3. The largest absolute Gasteiger partial charge is 0.550 e. The summed E-state index contributed by atoms with van der Waals surface area (Å²) in [6.07, 6.45) is 14.1. The van der Waals surface area contributed by atoms with Crippen LogP contribution in [0.5, 0.6) is 0 Å². The molecule has 4 aliphatic heterocycles. The number of aliphatic carboxylic acids is 1. The molecule has 0 amide bonds. The number of aliphatic imine (C=N–C) groups is 1. The van der Waals surface area contributed by atoms with E-state index in [1.807, 2.05) is 6.21 Å². The third kappa shape index (κ3) is 9.20. The molecule has 296 valence electrons. The van der Waals surface area contributed by atoms with Gasteiger partial charge in [-0.15, -0.1) is 0 Å². The number of nitrogens with two attached hydrogens (primary N) is 1. The molecular weight excluding hydrogens is 668 g/mol. The lowest BCUT2D eigenvalue weighted by molar-refractivity contribution is -0.914. The van der Waals surface area contributed by atoms with E-state index in [0.717, 1.165) is 96.7 Å². The molecule has 6 aliphatic rings. The third-order valence-electron chi connectivity index (χ3n) is 15.0. The summed E-state index contributed by atoms with van der Waals surface area (Å²) in [5.74, 6) is -0.674. The van der Waals surface area contributed by atoms with Crippen molar-refractivity contribution in [3.63, 3.8) is 0 Å². The number of β-amino-alcohol motifs (C(OH)–C–C–N with tert-alkyl or cyclic N) is 1. The highest BCUT2D eigenvalue weighted by atomic mass is 16.4. The van der Waals surface area contributed by atoms with Crippen LogP contribution in [0.1, 0.15) is 115 Å². The van der Waals surface area contributed by atoms with Gasteiger partial charge in [0, 0.05) is 48.9 Å². The van der Waals surface area contributed by atoms with Crippen molar-refractivity contribution >= 4 is 12.2 Å². The maximum atomic E-state index is 12.6. The normalized spacial score (nSPS) is 43.8. The van der Waals surface area contributed by atoms with Crippen LogP contribution in [0.3, 0.4) is 0 Å². The fourth-order valence-electron chi connectivity index (χ4n) is 12.0. The van der Waals surface area contributed by atoms with Crippen molar-refractivity contribution in [2.24, 2.45) is 33.9 Å². The van der Waals surface area contributed by atoms with Gasteiger partial charge in [-0.05, 0) is 119 Å². The highest BCUT2D eigenvalue weighted by Crippen LogP contribution is 2.50. The topological polar surface area (TPSA) is 180 Å². The number of rotatable bonds is 4. The predicted molar refractivity (Wildman–Crippen MR) is 204 cm³/mol. The van der Waals surface area contributed by atoms with Gasteiger partial charge in [0.1, 0.15) is 12.6 Å². The van der Waals surface area contributed by atoms with Crippen LogP contribution in [0, 0.1) is 23.2 Å². The fraction of sp³-hybridized carbons (Fsp3) is 0.810. The van der Waals surface area contributed by atoms with E-state index < -0.39 is 23.8 Å². The molecule has 7 rings (SSSR count). The Hall–Kier alpha value is -1.96. The minimum absolute atomic E-state index is 0.0255. The Morgan fingerprint density at radius 3 is 2.53 bits per heavy atom. The zero-order chi connectivity index (χ0) is 37.4. The predicted octanol–water partition coefficient (Wildman–Crippen LogP) is 0.572. The maximum absolute atomic E-state index is 12.6. The van der Waals surface area contributed by atoms with Crippen molar-refractivity contribution in [3.05, 3.63) is 35.4 Å². The molecule has 2 saturated carbocycles. The Morgan fingerprint density at radius 2 is 1.79 bits per heavy atom. The molecule has 0 radical (unpaired) electrons. The number of aliphatic hydroxyl groups excluding tert-OH is 2. The number of quaternary nitrogens is 1. The van der Waals surface area contributed by atoms with Gasteiger partial charge in [-0.3, -0.25) is 5.32 Å². The van der Waals surface area contributed by atoms with Gasteiger partial charge in [0.25, 0.3) is 0 Å². The van der Waals surface area contributed by atoms with Crippen LogP contribution in [0.2, 0.25) is 0 Å². The summed E-state index contributed by atoms with van der Waals surface area (Å²) in [5, 5.41) is 58.6. The van der Waals surface area contributed by atoms with E-state index in [2.05, 4.69) is 59.1 Å². The molecule has 2 saturated heterocycles. The number of fused-ring (bicyclic) bond motifs is 5. The van der Waals surface area contributed by atoms with Gasteiger partial charge in [0.15, 0.2) is 6.67 Å². The van der Waals surface area contributed by atoms with Crippen LogP contribution in [-0.2, 0) is 17.6 Å². The van der Waals surface area contributed by atoms with E-state index in [1.54, 1.807) is 0 Å². The molecule has 1 spiro atoms. The van der Waals surface area contributed by atoms with Crippen LogP contribution in [-0.4, -0.2) is 101 Å². The second-order valence-corrected chi connectivity index (χ2v) is 19.0. The van der Waals surface area contributed by atoms with E-state index >= 15 is 0 Å². The summed E-state index contributed by atoms with van der Waals surface area (Å²) < 4.78 is 0. The van der Waals surface area contributed by atoms with Crippen molar-refractivity contribution in [2.75, 3.05) is 19.8 Å². The number of carbonyl (C=O) groups is 1. The average Bonchev–Trinajstić information content (AvgIpc) is 3.81. The molecule has 4 heterocycles. The molecule has 11 heteroatoms. The number of benzene rings is 1. The van der Waals surface area contributed by atoms with E-state index in [-0.39, 0.29) is 66.1 Å². The average molecular weight is 737 g/mol. The molecule has 11 nitrogen and oxygen atoms in total. The Kier molecular flexibility index (Phi) is 12.0. The van der Waals surface area contributed by atoms with Gasteiger partial charge >= 0.3 is 0 Å². The van der Waals surface area contributed by atoms with Gasteiger partial charge in [0.05, 0.1) is 36.2 Å². The minimum Gasteiger partial charge on any atom is -0.550 e. The summed E-state index contributed by atoms with van der Waals surface area (Å²) in [5.41, 5.74) is 7.40. The quantitative estimate of drug-likeness (QED) is 0.220. The molecule has 2 aliphatic carbocycles. The Morgan fingerprint density at radius 1 is 1.02 bits per heavy atom. The smallest absolute Gasteiger partial charge is 0.171 e. The van der Waals surface area contributed by atoms with E-state index in [1.165, 1.54) is 16.0 Å². The first kappa shape index (κ1) is 39.3. The Balaban J connectivity index is 1.20. The van der Waals surface area contributed by atoms with Gasteiger partial charge < -0.3 is 46.5 Å². The number of carboxylic acids is 1. The molecule has 4 bridgehead atoms. The molecule has 1 aromatic carbocycles. The number of nitrogens with zero attached hydrogens (tertiary/aromatic N) is 1. The monoisotopic (exact) mass is 737 g/mol. The maximum Gasteiger partial charge on any atom is 0.171 e. The van der Waals surface area contributed by atoms with Gasteiger partial charge in [-0.2, -0.15) is 0 Å². The number of carbonyl (C=O) groups excluding carboxylic acids is 1. The van der Waals surface area contributed by atoms with E-state index in [0.29, 0.717) is 18.8 Å². The number of nitrogens with one attached hydrogen (secondary N) is 4. The summed E-state index contributed by atoms with van der Waals surface area (Å²) in [4.78, 5) is 18.0. The third-order valence-corrected chi connectivity index (χ3v) is 15.0. The molecule has 1 unspecified atom stereocenters. The van der Waals surface area contributed by atoms with Crippen LogP contribution in [0.4, 0.5) is 0 Å². The van der Waals surface area contributed by atoms with Gasteiger partial charge in [-0.25, -0.2) is 4.99 Å². The molecule has 4 fully saturated rings. The molecule has 13 atom stereocenters. The number of carboxylic acid groups (broad SMARTS) is 1. The summed E-state index contributed by atoms with van der Waals surface area (Å²) in [7, 11) is 0. The summed E-state index contributed by atoms with van der Waals surface area (Å²) in [6.45, 7) is 6.01. The van der Waals surface area contributed by atoms with Crippen LogP contribution in [0.25, 0.3) is 0 Å². The minimum atomic E-state index is -1.41. The van der Waals surface area contributed by atoms with Crippen molar-refractivity contribution in [1.29, 1.82) is 0 Å². The SMILES string of the molecule is C[C@H]1N[C@H]([C@H]2CC[C@@H]3CCC4(CCCC4)CC[C@@](O)(CC(=O)[O-])CN[C@]4(C)C[C@@H](Cc5cccc(c5)C[C@@H]3[C@H]2O)N[C@H](N)C4)[C@@H]([NH+]2CC=NC2)C[C@H]1O. The van der Waals surface area contributed by atoms with Crippen molar-refractivity contribution in [3.8, 4) is 0 Å². The highest BCUT2D eigenvalue weighted by Gasteiger charge is 2.50. The highest BCUT2D eigenvalue weighted by molar-refractivity contribution is 5.65. The summed E-state index contributed by atoms with van der Waals surface area (Å²) >= 11 is 0. The second kappa shape index (κ2) is 16.3. The van der Waals surface area contributed by atoms with Crippen molar-refractivity contribution < 1.29 is 30.1 Å². The first-order valence-corrected chi connectivity index (χ1v) is 21.0. The lowest BCUT2D eigenvalue weighted by Crippen LogP contribution is -3.17. The van der Waals surface area contributed by atoms with E-state index in [9.17, 15) is 25.2 Å². The van der Waals surface area contributed by atoms with Crippen LogP contribution in [0.15, 0.2) is 29.3 Å². The fourth-order valence-corrected chi connectivity index (χ4v) is 12.0. The lowest BCUT2D eigenvalue weighted by Gasteiger charge is -2.50. The molecule has 1 aromatic rings. The molecule has 0 aromatic heterocycles. The molecule has 9 N–H and O–H groups in total. The van der Waals surface area contributed by atoms with E-state index in [4.69, 9.17) is 5.73 Å². The number of piperidine rings is 2. The number of hydrogen-bond donors (Lipinski definition) is 8.